The molecule has 23 heavy (non-hydrogen) atoms. The molecule has 1 aromatic heterocycles. The summed E-state index contributed by atoms with van der Waals surface area (Å²) in [5.41, 5.74) is 0.563. The zero-order valence-electron chi connectivity index (χ0n) is 12.4. The first-order valence-electron chi connectivity index (χ1n) is 6.95. The van der Waals surface area contributed by atoms with Crippen LogP contribution >= 0.6 is 35.0 Å². The average Bonchev–Trinajstić information content (AvgIpc) is 2.52. The van der Waals surface area contributed by atoms with Crippen LogP contribution in [0.4, 0.5) is 0 Å². The van der Waals surface area contributed by atoms with Crippen molar-refractivity contribution in [3.8, 4) is 0 Å². The minimum absolute atomic E-state index is 0.0859. The van der Waals surface area contributed by atoms with E-state index in [1.165, 1.54) is 11.8 Å². The highest BCUT2D eigenvalue weighted by atomic mass is 35.5. The molecule has 0 spiro atoms. The number of hydrogen-bond donors (Lipinski definition) is 2. The van der Waals surface area contributed by atoms with Gasteiger partial charge in [0.05, 0.1) is 16.4 Å². The Kier molecular flexibility index (Phi) is 6.72. The van der Waals surface area contributed by atoms with Crippen LogP contribution in [0.1, 0.15) is 18.6 Å². The van der Waals surface area contributed by atoms with Gasteiger partial charge >= 0.3 is 0 Å². The van der Waals surface area contributed by atoms with Gasteiger partial charge < -0.3 is 10.4 Å². The first-order valence-corrected chi connectivity index (χ1v) is 8.58. The maximum absolute atomic E-state index is 12.1. The van der Waals surface area contributed by atoms with Gasteiger partial charge in [-0.1, -0.05) is 41.0 Å². The average molecular weight is 371 g/mol. The predicted octanol–water partition coefficient (Wildman–Crippen LogP) is 3.72. The molecule has 122 valence electrons. The number of benzene rings is 1. The molecule has 0 aliphatic carbocycles. The number of nitrogens with zero attached hydrogens (tertiary/aromatic N) is 1. The van der Waals surface area contributed by atoms with E-state index in [1.54, 1.807) is 31.3 Å². The van der Waals surface area contributed by atoms with Crippen molar-refractivity contribution < 1.29 is 9.90 Å². The SMILES string of the molecule is C[C@H](Sc1ccccn1)C(=O)NC[C@H](O)c1cc(Cl)cc(Cl)c1. The predicted molar refractivity (Wildman–Crippen MR) is 94.0 cm³/mol. The van der Waals surface area contributed by atoms with Crippen molar-refractivity contribution >= 4 is 40.9 Å². The van der Waals surface area contributed by atoms with Crippen LogP contribution in [0.2, 0.25) is 10.0 Å². The van der Waals surface area contributed by atoms with Gasteiger partial charge in [0.1, 0.15) is 0 Å². The Morgan fingerprint density at radius 2 is 2.00 bits per heavy atom. The van der Waals surface area contributed by atoms with Gasteiger partial charge in [0, 0.05) is 22.8 Å². The topological polar surface area (TPSA) is 62.2 Å². The minimum atomic E-state index is -0.873. The number of aliphatic hydroxyl groups excluding tert-OH is 1. The number of aromatic nitrogens is 1. The van der Waals surface area contributed by atoms with Gasteiger partial charge in [-0.25, -0.2) is 4.98 Å². The van der Waals surface area contributed by atoms with Crippen molar-refractivity contribution in [3.05, 3.63) is 58.2 Å². The number of thioether (sulfide) groups is 1. The van der Waals surface area contributed by atoms with Crippen molar-refractivity contribution in [1.29, 1.82) is 0 Å². The van der Waals surface area contributed by atoms with Crippen LogP contribution in [0.25, 0.3) is 0 Å². The van der Waals surface area contributed by atoms with Crippen molar-refractivity contribution in [2.24, 2.45) is 0 Å². The van der Waals surface area contributed by atoms with Gasteiger partial charge in [-0.2, -0.15) is 0 Å². The summed E-state index contributed by atoms with van der Waals surface area (Å²) in [7, 11) is 0. The zero-order valence-corrected chi connectivity index (χ0v) is 14.7. The third-order valence-electron chi connectivity index (χ3n) is 3.04. The Hall–Kier alpha value is -1.27. The maximum Gasteiger partial charge on any atom is 0.233 e. The fraction of sp³-hybridized carbons (Fsp3) is 0.250. The molecule has 0 saturated heterocycles. The molecule has 0 aliphatic heterocycles. The second-order valence-corrected chi connectivity index (χ2v) is 7.13. The van der Waals surface area contributed by atoms with Crippen molar-refractivity contribution in [2.45, 2.75) is 23.3 Å². The highest BCUT2D eigenvalue weighted by Crippen LogP contribution is 2.24. The molecule has 1 amide bonds. The quantitative estimate of drug-likeness (QED) is 0.760. The molecule has 2 atom stereocenters. The monoisotopic (exact) mass is 370 g/mol. The number of rotatable bonds is 6. The molecular formula is C16H16Cl2N2O2S. The molecule has 0 aliphatic rings. The summed E-state index contributed by atoms with van der Waals surface area (Å²) in [5, 5.41) is 14.2. The summed E-state index contributed by atoms with van der Waals surface area (Å²) in [4.78, 5) is 16.3. The van der Waals surface area contributed by atoms with Gasteiger partial charge in [-0.15, -0.1) is 0 Å². The van der Waals surface area contributed by atoms with Gasteiger partial charge in [0.25, 0.3) is 0 Å². The molecule has 0 unspecified atom stereocenters. The number of amides is 1. The Morgan fingerprint density at radius 3 is 2.61 bits per heavy atom. The molecular weight excluding hydrogens is 355 g/mol. The summed E-state index contributed by atoms with van der Waals surface area (Å²) in [6.07, 6.45) is 0.807. The number of pyridine rings is 1. The van der Waals surface area contributed by atoms with Gasteiger partial charge in [0.15, 0.2) is 0 Å². The van der Waals surface area contributed by atoms with Gasteiger partial charge in [-0.05, 0) is 42.8 Å². The second kappa shape index (κ2) is 8.55. The lowest BCUT2D eigenvalue weighted by atomic mass is 10.1. The molecule has 0 fully saturated rings. The van der Waals surface area contributed by atoms with Gasteiger partial charge in [-0.3, -0.25) is 4.79 Å². The van der Waals surface area contributed by atoms with Crippen LogP contribution in [0.5, 0.6) is 0 Å². The van der Waals surface area contributed by atoms with Gasteiger partial charge in [0.2, 0.25) is 5.91 Å². The molecule has 0 saturated carbocycles. The second-order valence-electron chi connectivity index (χ2n) is 4.89. The standard InChI is InChI=1S/C16H16Cl2N2O2S/c1-10(23-15-4-2-3-5-19-15)16(22)20-9-14(21)11-6-12(17)8-13(18)7-11/h2-8,10,14,21H,9H2,1H3,(H,20,22)/t10-,14-/m0/s1. The number of halogens is 2. The lowest BCUT2D eigenvalue weighted by molar-refractivity contribution is -0.120. The minimum Gasteiger partial charge on any atom is -0.387 e. The van der Waals surface area contributed by atoms with E-state index in [1.807, 2.05) is 18.2 Å². The fourth-order valence-electron chi connectivity index (χ4n) is 1.88. The number of nitrogens with one attached hydrogen (secondary N) is 1. The number of carbonyl (C=O) groups is 1. The summed E-state index contributed by atoms with van der Waals surface area (Å²) in [5.74, 6) is -0.173. The van der Waals surface area contributed by atoms with E-state index < -0.39 is 6.10 Å². The Bertz CT molecular complexity index is 650. The zero-order chi connectivity index (χ0) is 16.8. The summed E-state index contributed by atoms with van der Waals surface area (Å²) in [6.45, 7) is 1.87. The maximum atomic E-state index is 12.1. The smallest absolute Gasteiger partial charge is 0.233 e. The Labute approximate surface area is 149 Å². The van der Waals surface area contributed by atoms with E-state index in [0.717, 1.165) is 5.03 Å². The van der Waals surface area contributed by atoms with Crippen molar-refractivity contribution in [3.63, 3.8) is 0 Å². The molecule has 2 rings (SSSR count). The highest BCUT2D eigenvalue weighted by Gasteiger charge is 2.17. The molecule has 1 aromatic carbocycles. The third-order valence-corrected chi connectivity index (χ3v) is 4.53. The van der Waals surface area contributed by atoms with Crippen molar-refractivity contribution in [1.82, 2.24) is 10.3 Å². The number of carbonyl (C=O) groups excluding carboxylic acids is 1. The molecule has 0 bridgehead atoms. The molecule has 0 radical (unpaired) electrons. The van der Waals surface area contributed by atoms with E-state index in [9.17, 15) is 9.90 Å². The number of hydrogen-bond acceptors (Lipinski definition) is 4. The lowest BCUT2D eigenvalue weighted by Gasteiger charge is -2.15. The van der Waals surface area contributed by atoms with E-state index in [-0.39, 0.29) is 17.7 Å². The van der Waals surface area contributed by atoms with Crippen molar-refractivity contribution in [2.75, 3.05) is 6.54 Å². The van der Waals surface area contributed by atoms with Crippen LogP contribution in [-0.4, -0.2) is 27.8 Å². The highest BCUT2D eigenvalue weighted by molar-refractivity contribution is 8.00. The van der Waals surface area contributed by atoms with Crippen LogP contribution in [-0.2, 0) is 4.79 Å². The third kappa shape index (κ3) is 5.70. The van der Waals surface area contributed by atoms with E-state index in [2.05, 4.69) is 10.3 Å². The largest absolute Gasteiger partial charge is 0.387 e. The lowest BCUT2D eigenvalue weighted by Crippen LogP contribution is -2.34. The van der Waals surface area contributed by atoms with Crippen LogP contribution < -0.4 is 5.32 Å². The summed E-state index contributed by atoms with van der Waals surface area (Å²) >= 11 is 13.2. The Balaban J connectivity index is 1.88. The number of aliphatic hydroxyl groups is 1. The molecule has 4 nitrogen and oxygen atoms in total. The van der Waals surface area contributed by atoms with Crippen LogP contribution in [0.15, 0.2) is 47.6 Å². The summed E-state index contributed by atoms with van der Waals surface area (Å²) < 4.78 is 0. The first-order chi connectivity index (χ1) is 11.0. The normalized spacial score (nSPS) is 13.4. The molecule has 7 heteroatoms. The molecule has 1 heterocycles. The van der Waals surface area contributed by atoms with Crippen LogP contribution in [0.3, 0.4) is 0 Å². The molecule has 2 aromatic rings. The Morgan fingerprint density at radius 1 is 1.30 bits per heavy atom. The summed E-state index contributed by atoms with van der Waals surface area (Å²) in [6, 6.07) is 10.4. The fourth-order valence-corrected chi connectivity index (χ4v) is 3.25. The van der Waals surface area contributed by atoms with E-state index in [0.29, 0.717) is 15.6 Å². The first kappa shape index (κ1) is 18.1. The molecule has 2 N–H and O–H groups in total. The van der Waals surface area contributed by atoms with Crippen LogP contribution in [0, 0.1) is 0 Å². The van der Waals surface area contributed by atoms with E-state index in [4.69, 9.17) is 23.2 Å². The van der Waals surface area contributed by atoms with E-state index >= 15 is 0 Å².